The molecule has 0 bridgehead atoms. The van der Waals surface area contributed by atoms with Gasteiger partial charge in [0.15, 0.2) is 5.82 Å². The van der Waals surface area contributed by atoms with Crippen molar-refractivity contribution in [3.8, 4) is 0 Å². The molecule has 0 saturated carbocycles. The van der Waals surface area contributed by atoms with Gasteiger partial charge in [-0.25, -0.2) is 21.9 Å². The lowest BCUT2D eigenvalue weighted by molar-refractivity contribution is -0.0437. The summed E-state index contributed by atoms with van der Waals surface area (Å²) in [6.45, 7) is -2.65. The molecule has 0 amide bonds. The molecule has 0 unspecified atom stereocenters. The van der Waals surface area contributed by atoms with E-state index >= 15 is 0 Å². The minimum absolute atomic E-state index is 0.285. The van der Waals surface area contributed by atoms with Gasteiger partial charge in [-0.15, -0.1) is 0 Å². The Morgan fingerprint density at radius 1 is 1.65 bits per heavy atom. The predicted octanol–water partition coefficient (Wildman–Crippen LogP) is -1.09. The molecule has 10 heteroatoms. The lowest BCUT2D eigenvalue weighted by Crippen LogP contribution is -2.39. The maximum absolute atomic E-state index is 12.7. The molecule has 0 saturated heterocycles. The second-order valence-electron chi connectivity index (χ2n) is 3.39. The fourth-order valence-corrected chi connectivity index (χ4v) is 2.19. The number of aromatic nitrogens is 2. The van der Waals surface area contributed by atoms with Crippen LogP contribution in [0.4, 0.5) is 14.6 Å². The Balaban J connectivity index is 2.87. The van der Waals surface area contributed by atoms with E-state index < -0.39 is 29.1 Å². The number of aliphatic hydroxyl groups is 1. The van der Waals surface area contributed by atoms with Crippen molar-refractivity contribution in [2.24, 2.45) is 7.05 Å². The SMILES string of the molecule is Cn1cc(S(=O)(=O)NCC(F)(F)CO)c(N)n1. The molecule has 0 aromatic carbocycles. The molecule has 0 fully saturated rings. The Bertz CT molecular complexity index is 499. The van der Waals surface area contributed by atoms with E-state index in [1.165, 1.54) is 7.05 Å². The van der Waals surface area contributed by atoms with Crippen molar-refractivity contribution in [3.05, 3.63) is 6.20 Å². The van der Waals surface area contributed by atoms with E-state index in [4.69, 9.17) is 10.8 Å². The zero-order valence-electron chi connectivity index (χ0n) is 8.89. The molecule has 17 heavy (non-hydrogen) atoms. The molecule has 0 atom stereocenters. The summed E-state index contributed by atoms with van der Waals surface area (Å²) in [7, 11) is -2.72. The normalized spacial score (nSPS) is 12.9. The maximum Gasteiger partial charge on any atom is 0.283 e. The molecule has 0 spiro atoms. The van der Waals surface area contributed by atoms with Crippen LogP contribution in [-0.4, -0.2) is 42.4 Å². The fraction of sp³-hybridized carbons (Fsp3) is 0.571. The first-order chi connectivity index (χ1) is 7.68. The molecule has 0 aliphatic rings. The van der Waals surface area contributed by atoms with Gasteiger partial charge in [-0.05, 0) is 0 Å². The van der Waals surface area contributed by atoms with Crippen molar-refractivity contribution >= 4 is 15.8 Å². The van der Waals surface area contributed by atoms with Crippen molar-refractivity contribution in [2.75, 3.05) is 18.9 Å². The molecule has 1 aromatic heterocycles. The molecule has 1 aromatic rings. The molecule has 1 rings (SSSR count). The average molecular weight is 270 g/mol. The second-order valence-corrected chi connectivity index (χ2v) is 5.13. The summed E-state index contributed by atoms with van der Waals surface area (Å²) < 4.78 is 51.3. The number of halogens is 2. The minimum Gasteiger partial charge on any atom is -0.390 e. The summed E-state index contributed by atoms with van der Waals surface area (Å²) in [5.41, 5.74) is 5.31. The molecule has 1 heterocycles. The first-order valence-electron chi connectivity index (χ1n) is 4.45. The van der Waals surface area contributed by atoms with Gasteiger partial charge < -0.3 is 10.8 Å². The summed E-state index contributed by atoms with van der Waals surface area (Å²) >= 11 is 0. The lowest BCUT2D eigenvalue weighted by Gasteiger charge is -2.13. The van der Waals surface area contributed by atoms with Crippen LogP contribution in [-0.2, 0) is 17.1 Å². The number of nitrogens with zero attached hydrogens (tertiary/aromatic N) is 2. The lowest BCUT2D eigenvalue weighted by atomic mass is 10.4. The number of nitrogen functional groups attached to an aromatic ring is 1. The van der Waals surface area contributed by atoms with E-state index in [-0.39, 0.29) is 10.7 Å². The van der Waals surface area contributed by atoms with E-state index in [0.717, 1.165) is 10.9 Å². The van der Waals surface area contributed by atoms with E-state index in [0.29, 0.717) is 0 Å². The smallest absolute Gasteiger partial charge is 0.283 e. The zero-order valence-corrected chi connectivity index (χ0v) is 9.71. The number of sulfonamides is 1. The Kier molecular flexibility index (Phi) is 3.69. The number of aliphatic hydroxyl groups excluding tert-OH is 1. The number of aryl methyl sites for hydroxylation is 1. The third-order valence-electron chi connectivity index (χ3n) is 1.86. The number of hydrogen-bond donors (Lipinski definition) is 3. The van der Waals surface area contributed by atoms with Gasteiger partial charge in [0.1, 0.15) is 11.5 Å². The highest BCUT2D eigenvalue weighted by molar-refractivity contribution is 7.89. The van der Waals surface area contributed by atoms with E-state index in [2.05, 4.69) is 5.10 Å². The highest BCUT2D eigenvalue weighted by Gasteiger charge is 2.31. The highest BCUT2D eigenvalue weighted by atomic mass is 32.2. The van der Waals surface area contributed by atoms with Crippen LogP contribution in [0.25, 0.3) is 0 Å². The monoisotopic (exact) mass is 270 g/mol. The van der Waals surface area contributed by atoms with Crippen molar-refractivity contribution < 1.29 is 22.3 Å². The largest absolute Gasteiger partial charge is 0.390 e. The molecular formula is C7H12F2N4O3S. The Morgan fingerprint density at radius 3 is 2.65 bits per heavy atom. The molecule has 0 aliphatic carbocycles. The summed E-state index contributed by atoms with van der Waals surface area (Å²) in [5.74, 6) is -3.81. The van der Waals surface area contributed by atoms with Gasteiger partial charge in [-0.3, -0.25) is 4.68 Å². The first kappa shape index (κ1) is 13.8. The fourth-order valence-electron chi connectivity index (χ4n) is 1.03. The topological polar surface area (TPSA) is 110 Å². The Labute approximate surface area is 96.3 Å². The number of alkyl halides is 2. The van der Waals surface area contributed by atoms with Crippen molar-refractivity contribution in [1.29, 1.82) is 0 Å². The summed E-state index contributed by atoms with van der Waals surface area (Å²) in [6.07, 6.45) is 1.09. The molecule has 98 valence electrons. The zero-order chi connectivity index (χ0) is 13.3. The van der Waals surface area contributed by atoms with Crippen molar-refractivity contribution in [3.63, 3.8) is 0 Å². The number of nitrogens with one attached hydrogen (secondary N) is 1. The summed E-state index contributed by atoms with van der Waals surface area (Å²) in [6, 6.07) is 0. The van der Waals surface area contributed by atoms with Crippen LogP contribution in [0.15, 0.2) is 11.1 Å². The molecule has 7 nitrogen and oxygen atoms in total. The molecule has 0 radical (unpaired) electrons. The van der Waals surface area contributed by atoms with Gasteiger partial charge in [0.25, 0.3) is 5.92 Å². The van der Waals surface area contributed by atoms with Crippen LogP contribution >= 0.6 is 0 Å². The van der Waals surface area contributed by atoms with E-state index in [1.54, 1.807) is 4.72 Å². The van der Waals surface area contributed by atoms with Gasteiger partial charge in [0, 0.05) is 13.2 Å². The number of anilines is 1. The van der Waals surface area contributed by atoms with E-state index in [9.17, 15) is 17.2 Å². The van der Waals surface area contributed by atoms with Crippen LogP contribution in [0.5, 0.6) is 0 Å². The number of rotatable bonds is 5. The van der Waals surface area contributed by atoms with Crippen LogP contribution in [0.2, 0.25) is 0 Å². The van der Waals surface area contributed by atoms with Gasteiger partial charge in [0.05, 0.1) is 6.54 Å². The molecular weight excluding hydrogens is 258 g/mol. The van der Waals surface area contributed by atoms with Crippen molar-refractivity contribution in [2.45, 2.75) is 10.8 Å². The average Bonchev–Trinajstić information content (AvgIpc) is 2.56. The van der Waals surface area contributed by atoms with Crippen LogP contribution in [0.1, 0.15) is 0 Å². The first-order valence-corrected chi connectivity index (χ1v) is 5.94. The number of hydrogen-bond acceptors (Lipinski definition) is 5. The van der Waals surface area contributed by atoms with E-state index in [1.807, 2.05) is 0 Å². The Morgan fingerprint density at radius 2 is 2.24 bits per heavy atom. The highest BCUT2D eigenvalue weighted by Crippen LogP contribution is 2.17. The van der Waals surface area contributed by atoms with Gasteiger partial charge in [0.2, 0.25) is 10.0 Å². The predicted molar refractivity (Wildman–Crippen MR) is 54.8 cm³/mol. The Hall–Kier alpha value is -1.26. The number of nitrogens with two attached hydrogens (primary N) is 1. The minimum atomic E-state index is -4.16. The van der Waals surface area contributed by atoms with Gasteiger partial charge in [-0.1, -0.05) is 0 Å². The third kappa shape index (κ3) is 3.35. The van der Waals surface area contributed by atoms with Gasteiger partial charge in [-0.2, -0.15) is 5.10 Å². The van der Waals surface area contributed by atoms with Crippen LogP contribution in [0.3, 0.4) is 0 Å². The van der Waals surface area contributed by atoms with Crippen molar-refractivity contribution in [1.82, 2.24) is 14.5 Å². The summed E-state index contributed by atoms with van der Waals surface area (Å²) in [5, 5.41) is 11.9. The quantitative estimate of drug-likeness (QED) is 0.629. The second kappa shape index (κ2) is 4.55. The van der Waals surface area contributed by atoms with Crippen LogP contribution < -0.4 is 10.5 Å². The summed E-state index contributed by atoms with van der Waals surface area (Å²) in [4.78, 5) is -0.381. The maximum atomic E-state index is 12.7. The van der Waals surface area contributed by atoms with Gasteiger partial charge >= 0.3 is 0 Å². The third-order valence-corrected chi connectivity index (χ3v) is 3.28. The molecule has 0 aliphatic heterocycles. The van der Waals surface area contributed by atoms with Crippen LogP contribution in [0, 0.1) is 0 Å². The molecule has 4 N–H and O–H groups in total. The standard InChI is InChI=1S/C7H12F2N4O3S/c1-13-2-5(6(10)12-13)17(15,16)11-3-7(8,9)4-14/h2,11,14H,3-4H2,1H3,(H2,10,12).